The summed E-state index contributed by atoms with van der Waals surface area (Å²) in [7, 11) is 1.61. The standard InChI is InChI=1S/C19H22BrNO5/c1-23-18-10-14(11-21-4-5-22)8-15(20)19(18)26-12-13-2-3-16-17(9-13)25-7-6-24-16/h2-3,8-10,21-22H,4-7,11-12H2,1H3. The van der Waals surface area contributed by atoms with E-state index in [1.54, 1.807) is 7.11 Å². The van der Waals surface area contributed by atoms with Crippen LogP contribution in [0.2, 0.25) is 0 Å². The number of fused-ring (bicyclic) bond motifs is 1. The van der Waals surface area contributed by atoms with Gasteiger partial charge in [0.2, 0.25) is 0 Å². The van der Waals surface area contributed by atoms with Gasteiger partial charge < -0.3 is 29.4 Å². The second-order valence-electron chi connectivity index (χ2n) is 5.78. The summed E-state index contributed by atoms with van der Waals surface area (Å²) >= 11 is 3.55. The van der Waals surface area contributed by atoms with Crippen LogP contribution >= 0.6 is 15.9 Å². The van der Waals surface area contributed by atoms with Crippen molar-refractivity contribution in [3.63, 3.8) is 0 Å². The van der Waals surface area contributed by atoms with Crippen LogP contribution in [0.3, 0.4) is 0 Å². The number of hydrogen-bond donors (Lipinski definition) is 2. The van der Waals surface area contributed by atoms with Crippen LogP contribution in [0.5, 0.6) is 23.0 Å². The van der Waals surface area contributed by atoms with E-state index in [9.17, 15) is 0 Å². The predicted octanol–water partition coefficient (Wildman–Crippen LogP) is 2.89. The van der Waals surface area contributed by atoms with Crippen molar-refractivity contribution in [3.05, 3.63) is 45.9 Å². The van der Waals surface area contributed by atoms with Gasteiger partial charge in [0, 0.05) is 13.1 Å². The van der Waals surface area contributed by atoms with E-state index in [1.165, 1.54) is 0 Å². The molecule has 3 rings (SSSR count). The van der Waals surface area contributed by atoms with Gasteiger partial charge in [0.05, 0.1) is 18.2 Å². The smallest absolute Gasteiger partial charge is 0.175 e. The highest BCUT2D eigenvalue weighted by Gasteiger charge is 2.14. The molecular weight excluding hydrogens is 402 g/mol. The molecule has 1 heterocycles. The molecule has 0 unspecified atom stereocenters. The van der Waals surface area contributed by atoms with E-state index in [4.69, 9.17) is 24.1 Å². The van der Waals surface area contributed by atoms with Crippen molar-refractivity contribution in [2.75, 3.05) is 33.5 Å². The van der Waals surface area contributed by atoms with E-state index in [0.717, 1.165) is 27.1 Å². The lowest BCUT2D eigenvalue weighted by molar-refractivity contribution is 0.171. The number of aliphatic hydroxyl groups is 1. The van der Waals surface area contributed by atoms with Crippen molar-refractivity contribution >= 4 is 15.9 Å². The Morgan fingerprint density at radius 3 is 2.69 bits per heavy atom. The van der Waals surface area contributed by atoms with Crippen LogP contribution in [-0.4, -0.2) is 38.6 Å². The largest absolute Gasteiger partial charge is 0.493 e. The molecule has 6 nitrogen and oxygen atoms in total. The topological polar surface area (TPSA) is 69.2 Å². The third kappa shape index (κ3) is 4.60. The van der Waals surface area contributed by atoms with Crippen LogP contribution in [0.4, 0.5) is 0 Å². The first-order valence-electron chi connectivity index (χ1n) is 8.40. The fraction of sp³-hybridized carbons (Fsp3) is 0.368. The highest BCUT2D eigenvalue weighted by Crippen LogP contribution is 2.38. The summed E-state index contributed by atoms with van der Waals surface area (Å²) in [5.74, 6) is 2.80. The molecule has 0 atom stereocenters. The maximum atomic E-state index is 8.86. The fourth-order valence-electron chi connectivity index (χ4n) is 2.66. The molecule has 2 N–H and O–H groups in total. The first kappa shape index (κ1) is 18.8. The van der Waals surface area contributed by atoms with Crippen molar-refractivity contribution < 1.29 is 24.1 Å². The van der Waals surface area contributed by atoms with Crippen LogP contribution in [0.15, 0.2) is 34.8 Å². The Morgan fingerprint density at radius 1 is 1.12 bits per heavy atom. The van der Waals surface area contributed by atoms with Gasteiger partial charge in [-0.25, -0.2) is 0 Å². The lowest BCUT2D eigenvalue weighted by Gasteiger charge is -2.19. The molecule has 0 amide bonds. The molecule has 0 saturated carbocycles. The molecule has 140 valence electrons. The first-order valence-corrected chi connectivity index (χ1v) is 9.20. The molecule has 2 aromatic carbocycles. The summed E-state index contributed by atoms with van der Waals surface area (Å²) in [6, 6.07) is 9.69. The summed E-state index contributed by atoms with van der Waals surface area (Å²) in [4.78, 5) is 0. The molecule has 0 aromatic heterocycles. The van der Waals surface area contributed by atoms with E-state index in [-0.39, 0.29) is 6.61 Å². The highest BCUT2D eigenvalue weighted by atomic mass is 79.9. The Balaban J connectivity index is 1.70. The number of rotatable bonds is 8. The van der Waals surface area contributed by atoms with Gasteiger partial charge in [0.25, 0.3) is 0 Å². The number of hydrogen-bond acceptors (Lipinski definition) is 6. The monoisotopic (exact) mass is 423 g/mol. The number of halogens is 1. The molecule has 0 spiro atoms. The zero-order chi connectivity index (χ0) is 18.4. The second kappa shape index (κ2) is 9.12. The van der Waals surface area contributed by atoms with Crippen molar-refractivity contribution in [2.24, 2.45) is 0 Å². The van der Waals surface area contributed by atoms with Crippen LogP contribution in [0, 0.1) is 0 Å². The molecule has 1 aliphatic rings. The molecular formula is C19H22BrNO5. The van der Waals surface area contributed by atoms with E-state index in [2.05, 4.69) is 21.2 Å². The third-order valence-electron chi connectivity index (χ3n) is 3.90. The van der Waals surface area contributed by atoms with Crippen molar-refractivity contribution in [1.29, 1.82) is 0 Å². The van der Waals surface area contributed by atoms with Gasteiger partial charge in [-0.1, -0.05) is 6.07 Å². The van der Waals surface area contributed by atoms with E-state index < -0.39 is 0 Å². The Hall–Kier alpha value is -1.96. The van der Waals surface area contributed by atoms with Crippen molar-refractivity contribution in [2.45, 2.75) is 13.2 Å². The summed E-state index contributed by atoms with van der Waals surface area (Å²) in [6.45, 7) is 2.80. The van der Waals surface area contributed by atoms with Gasteiger partial charge in [-0.15, -0.1) is 0 Å². The number of nitrogens with one attached hydrogen (secondary N) is 1. The summed E-state index contributed by atoms with van der Waals surface area (Å²) < 4.78 is 23.4. The minimum Gasteiger partial charge on any atom is -0.493 e. The summed E-state index contributed by atoms with van der Waals surface area (Å²) in [5, 5.41) is 12.0. The lowest BCUT2D eigenvalue weighted by Crippen LogP contribution is -2.17. The Morgan fingerprint density at radius 2 is 1.92 bits per heavy atom. The van der Waals surface area contributed by atoms with Gasteiger partial charge in [-0.3, -0.25) is 0 Å². The molecule has 26 heavy (non-hydrogen) atoms. The summed E-state index contributed by atoms with van der Waals surface area (Å²) in [6.07, 6.45) is 0. The van der Waals surface area contributed by atoms with E-state index >= 15 is 0 Å². The van der Waals surface area contributed by atoms with E-state index in [1.807, 2.05) is 30.3 Å². The average Bonchev–Trinajstić information content (AvgIpc) is 2.67. The normalized spacial score (nSPS) is 12.7. The number of aliphatic hydroxyl groups excluding tert-OH is 1. The third-order valence-corrected chi connectivity index (χ3v) is 4.49. The minimum absolute atomic E-state index is 0.106. The zero-order valence-electron chi connectivity index (χ0n) is 14.6. The quantitative estimate of drug-likeness (QED) is 0.636. The average molecular weight is 424 g/mol. The molecule has 2 aromatic rings. The molecule has 0 fully saturated rings. The maximum absolute atomic E-state index is 8.86. The van der Waals surface area contributed by atoms with Crippen LogP contribution < -0.4 is 24.3 Å². The van der Waals surface area contributed by atoms with Gasteiger partial charge in [0.15, 0.2) is 23.0 Å². The second-order valence-corrected chi connectivity index (χ2v) is 6.63. The Labute approximate surface area is 161 Å². The molecule has 0 radical (unpaired) electrons. The van der Waals surface area contributed by atoms with Gasteiger partial charge in [-0.05, 0) is 51.3 Å². The van der Waals surface area contributed by atoms with Crippen LogP contribution in [0.25, 0.3) is 0 Å². The Kier molecular flexibility index (Phi) is 6.60. The van der Waals surface area contributed by atoms with Gasteiger partial charge in [-0.2, -0.15) is 0 Å². The van der Waals surface area contributed by atoms with Gasteiger partial charge in [0.1, 0.15) is 19.8 Å². The van der Waals surface area contributed by atoms with Crippen LogP contribution in [-0.2, 0) is 13.2 Å². The Bertz CT molecular complexity index is 753. The van der Waals surface area contributed by atoms with E-state index in [0.29, 0.717) is 44.4 Å². The predicted molar refractivity (Wildman–Crippen MR) is 101 cm³/mol. The summed E-state index contributed by atoms with van der Waals surface area (Å²) in [5.41, 5.74) is 2.02. The van der Waals surface area contributed by atoms with Crippen molar-refractivity contribution in [3.8, 4) is 23.0 Å². The van der Waals surface area contributed by atoms with Crippen LogP contribution in [0.1, 0.15) is 11.1 Å². The molecule has 7 heteroatoms. The lowest BCUT2D eigenvalue weighted by atomic mass is 10.2. The minimum atomic E-state index is 0.106. The number of methoxy groups -OCH3 is 1. The fourth-order valence-corrected chi connectivity index (χ4v) is 3.26. The van der Waals surface area contributed by atoms with Crippen molar-refractivity contribution in [1.82, 2.24) is 5.32 Å². The van der Waals surface area contributed by atoms with Gasteiger partial charge >= 0.3 is 0 Å². The molecule has 0 bridgehead atoms. The zero-order valence-corrected chi connectivity index (χ0v) is 16.2. The molecule has 0 aliphatic carbocycles. The number of benzene rings is 2. The molecule has 0 saturated heterocycles. The molecule has 1 aliphatic heterocycles. The SMILES string of the molecule is COc1cc(CNCCO)cc(Br)c1OCc1ccc2c(c1)OCCO2. The highest BCUT2D eigenvalue weighted by molar-refractivity contribution is 9.10. The number of ether oxygens (including phenoxy) is 4. The first-order chi connectivity index (χ1) is 12.7. The maximum Gasteiger partial charge on any atom is 0.175 e.